The highest BCUT2D eigenvalue weighted by Crippen LogP contribution is 2.28. The molecule has 5 rings (SSSR count). The summed E-state index contributed by atoms with van der Waals surface area (Å²) in [6.07, 6.45) is 1.08. The Morgan fingerprint density at radius 2 is 1.77 bits per heavy atom. The fourth-order valence-electron chi connectivity index (χ4n) is 4.06. The van der Waals surface area contributed by atoms with Gasteiger partial charge >= 0.3 is 0 Å². The van der Waals surface area contributed by atoms with Crippen molar-refractivity contribution in [2.24, 2.45) is 0 Å². The molecule has 0 saturated carbocycles. The number of carbonyl (C=O) groups is 1. The topological polar surface area (TPSA) is 67.2 Å². The molecule has 0 radical (unpaired) electrons. The van der Waals surface area contributed by atoms with E-state index in [0.29, 0.717) is 17.4 Å². The third-order valence-corrected chi connectivity index (χ3v) is 6.45. The smallest absolute Gasteiger partial charge is 0.258 e. The maximum atomic E-state index is 12.8. The second-order valence-electron chi connectivity index (χ2n) is 8.57. The zero-order chi connectivity index (χ0) is 24.4. The first kappa shape index (κ1) is 22.7. The van der Waals surface area contributed by atoms with Gasteiger partial charge in [0.05, 0.1) is 0 Å². The van der Waals surface area contributed by atoms with Gasteiger partial charge in [0, 0.05) is 16.8 Å². The van der Waals surface area contributed by atoms with Crippen LogP contribution in [-0.2, 0) is 0 Å². The highest BCUT2D eigenvalue weighted by atomic mass is 32.1. The van der Waals surface area contributed by atoms with E-state index in [2.05, 4.69) is 41.6 Å². The number of fused-ring (bicyclic) bond motifs is 2. The molecule has 0 aliphatic carbocycles. The summed E-state index contributed by atoms with van der Waals surface area (Å²) < 4.78 is 5.97. The van der Waals surface area contributed by atoms with E-state index in [1.165, 1.54) is 5.56 Å². The lowest BCUT2D eigenvalue weighted by Gasteiger charge is -2.11. The number of hydrogen-bond donors (Lipinski definition) is 2. The number of hydrogen-bond acceptors (Lipinski definition) is 4. The van der Waals surface area contributed by atoms with Crippen molar-refractivity contribution in [3.63, 3.8) is 0 Å². The Kier molecular flexibility index (Phi) is 6.29. The lowest BCUT2D eigenvalue weighted by atomic mass is 9.98. The number of carbonyl (C=O) groups excluding carboxylic acids is 1. The predicted octanol–water partition coefficient (Wildman–Crippen LogP) is 7.29. The van der Waals surface area contributed by atoms with Gasteiger partial charge in [-0.25, -0.2) is 4.98 Å². The van der Waals surface area contributed by atoms with E-state index >= 15 is 0 Å². The van der Waals surface area contributed by atoms with Gasteiger partial charge in [0.1, 0.15) is 5.52 Å². The lowest BCUT2D eigenvalue weighted by Crippen LogP contribution is -2.34. The van der Waals surface area contributed by atoms with Crippen molar-refractivity contribution < 1.29 is 9.21 Å². The highest BCUT2D eigenvalue weighted by molar-refractivity contribution is 7.80. The first-order valence-electron chi connectivity index (χ1n) is 11.6. The number of anilines is 1. The molecule has 1 atom stereocenters. The summed E-state index contributed by atoms with van der Waals surface area (Å²) in [7, 11) is 0. The van der Waals surface area contributed by atoms with E-state index in [1.54, 1.807) is 6.07 Å². The number of nitrogens with one attached hydrogen (secondary N) is 2. The molecule has 0 bridgehead atoms. The maximum absolute atomic E-state index is 12.8. The number of thiocarbonyl (C=S) groups is 1. The third kappa shape index (κ3) is 4.79. The van der Waals surface area contributed by atoms with E-state index in [-0.39, 0.29) is 11.0 Å². The summed E-state index contributed by atoms with van der Waals surface area (Å²) in [6, 6.07) is 27.2. The van der Waals surface area contributed by atoms with Crippen LogP contribution in [0.3, 0.4) is 0 Å². The molecule has 1 heterocycles. The second kappa shape index (κ2) is 9.68. The van der Waals surface area contributed by atoms with E-state index in [0.717, 1.165) is 39.5 Å². The minimum Gasteiger partial charge on any atom is -0.436 e. The van der Waals surface area contributed by atoms with Gasteiger partial charge < -0.3 is 9.73 Å². The first-order valence-corrected chi connectivity index (χ1v) is 12.0. The summed E-state index contributed by atoms with van der Waals surface area (Å²) in [5.74, 6) is 0.800. The zero-order valence-electron chi connectivity index (χ0n) is 19.5. The molecule has 0 aliphatic rings. The zero-order valence-corrected chi connectivity index (χ0v) is 20.4. The molecule has 1 unspecified atom stereocenters. The largest absolute Gasteiger partial charge is 0.436 e. The van der Waals surface area contributed by atoms with Gasteiger partial charge in [-0.15, -0.1) is 0 Å². The summed E-state index contributed by atoms with van der Waals surface area (Å²) in [5.41, 5.74) is 5.09. The number of benzene rings is 4. The molecule has 0 spiro atoms. The number of rotatable bonds is 5. The van der Waals surface area contributed by atoms with Crippen LogP contribution in [0, 0.1) is 0 Å². The molecule has 174 valence electrons. The van der Waals surface area contributed by atoms with Crippen LogP contribution in [0.15, 0.2) is 89.3 Å². The average Bonchev–Trinajstić information content (AvgIpc) is 3.31. The van der Waals surface area contributed by atoms with Crippen LogP contribution in [0.2, 0.25) is 0 Å². The van der Waals surface area contributed by atoms with E-state index in [1.807, 2.05) is 66.7 Å². The molecule has 35 heavy (non-hydrogen) atoms. The average molecular weight is 480 g/mol. The minimum absolute atomic E-state index is 0.232. The van der Waals surface area contributed by atoms with Crippen LogP contribution in [0.1, 0.15) is 42.1 Å². The van der Waals surface area contributed by atoms with Crippen LogP contribution in [0.25, 0.3) is 33.3 Å². The standard InChI is InChI=1S/C29H25N3O2S/c1-3-18(2)21-13-16-26-25(17-21)31-28(34-26)20-11-14-22(15-12-20)30-29(35)32-27(33)24-10-6-8-19-7-4-5-9-23(19)24/h4-18H,3H2,1-2H3,(H2,30,32,33,35). The molecule has 0 aliphatic heterocycles. The Balaban J connectivity index is 1.27. The maximum Gasteiger partial charge on any atom is 0.258 e. The molecule has 5 aromatic rings. The monoisotopic (exact) mass is 479 g/mol. The van der Waals surface area contributed by atoms with Gasteiger partial charge in [-0.1, -0.05) is 56.3 Å². The van der Waals surface area contributed by atoms with Crippen molar-refractivity contribution in [3.8, 4) is 11.5 Å². The quantitative estimate of drug-likeness (QED) is 0.259. The molecular weight excluding hydrogens is 454 g/mol. The van der Waals surface area contributed by atoms with Gasteiger partial charge in [0.15, 0.2) is 10.7 Å². The second-order valence-corrected chi connectivity index (χ2v) is 8.98. The van der Waals surface area contributed by atoms with Crippen LogP contribution in [0.4, 0.5) is 5.69 Å². The number of nitrogens with zero attached hydrogens (tertiary/aromatic N) is 1. The van der Waals surface area contributed by atoms with Crippen LogP contribution < -0.4 is 10.6 Å². The SMILES string of the molecule is CCC(C)c1ccc2oc(-c3ccc(NC(=S)NC(=O)c4cccc5ccccc45)cc3)nc2c1. The van der Waals surface area contributed by atoms with Gasteiger partial charge in [0.2, 0.25) is 5.89 Å². The Morgan fingerprint density at radius 3 is 2.57 bits per heavy atom. The van der Waals surface area contributed by atoms with Crippen molar-refractivity contribution in [2.75, 3.05) is 5.32 Å². The fourth-order valence-corrected chi connectivity index (χ4v) is 4.27. The fraction of sp³-hybridized carbons (Fsp3) is 0.138. The molecule has 0 fully saturated rings. The first-order chi connectivity index (χ1) is 17.0. The minimum atomic E-state index is -0.251. The van der Waals surface area contributed by atoms with Gasteiger partial charge in [-0.3, -0.25) is 10.1 Å². The highest BCUT2D eigenvalue weighted by Gasteiger charge is 2.13. The Hall–Kier alpha value is -4.03. The summed E-state index contributed by atoms with van der Waals surface area (Å²) in [6.45, 7) is 4.39. The van der Waals surface area contributed by atoms with Crippen LogP contribution in [-0.4, -0.2) is 16.0 Å². The number of aromatic nitrogens is 1. The molecule has 1 amide bonds. The van der Waals surface area contributed by atoms with Crippen LogP contribution in [0.5, 0.6) is 0 Å². The summed E-state index contributed by atoms with van der Waals surface area (Å²) in [4.78, 5) is 17.5. The van der Waals surface area contributed by atoms with E-state index in [4.69, 9.17) is 16.6 Å². The summed E-state index contributed by atoms with van der Waals surface area (Å²) in [5, 5.41) is 7.96. The molecule has 6 heteroatoms. The molecule has 1 aromatic heterocycles. The van der Waals surface area contributed by atoms with Gasteiger partial charge in [-0.2, -0.15) is 0 Å². The normalized spacial score (nSPS) is 11.9. The molecule has 2 N–H and O–H groups in total. The molecule has 0 saturated heterocycles. The van der Waals surface area contributed by atoms with Crippen molar-refractivity contribution in [2.45, 2.75) is 26.2 Å². The molecule has 5 nitrogen and oxygen atoms in total. The third-order valence-electron chi connectivity index (χ3n) is 6.24. The van der Waals surface area contributed by atoms with Crippen molar-refractivity contribution in [1.82, 2.24) is 10.3 Å². The van der Waals surface area contributed by atoms with E-state index < -0.39 is 0 Å². The van der Waals surface area contributed by atoms with Crippen molar-refractivity contribution in [3.05, 3.63) is 96.1 Å². The van der Waals surface area contributed by atoms with Gasteiger partial charge in [-0.05, 0) is 83.4 Å². The summed E-state index contributed by atoms with van der Waals surface area (Å²) >= 11 is 5.37. The van der Waals surface area contributed by atoms with E-state index in [9.17, 15) is 4.79 Å². The molecular formula is C29H25N3O2S. The van der Waals surface area contributed by atoms with Gasteiger partial charge in [0.25, 0.3) is 5.91 Å². The number of oxazole rings is 1. The Labute approximate surface area is 209 Å². The molecule has 4 aromatic carbocycles. The Bertz CT molecular complexity index is 1530. The van der Waals surface area contributed by atoms with Crippen molar-refractivity contribution in [1.29, 1.82) is 0 Å². The number of amides is 1. The Morgan fingerprint density at radius 1 is 1.00 bits per heavy atom. The van der Waals surface area contributed by atoms with Crippen molar-refractivity contribution >= 4 is 50.8 Å². The predicted molar refractivity (Wildman–Crippen MR) is 146 cm³/mol. The van der Waals surface area contributed by atoms with Crippen LogP contribution >= 0.6 is 12.2 Å². The lowest BCUT2D eigenvalue weighted by molar-refractivity contribution is 0.0979.